The van der Waals surface area contributed by atoms with Crippen LogP contribution in [0.4, 0.5) is 5.69 Å². The van der Waals surface area contributed by atoms with Gasteiger partial charge in [-0.2, -0.15) is 0 Å². The highest BCUT2D eigenvalue weighted by Gasteiger charge is 2.20. The molecule has 1 aromatic heterocycles. The summed E-state index contributed by atoms with van der Waals surface area (Å²) in [4.78, 5) is 10.1. The van der Waals surface area contributed by atoms with Crippen molar-refractivity contribution in [2.45, 2.75) is 6.92 Å². The normalized spacial score (nSPS) is 10.3. The molecule has 0 radical (unpaired) electrons. The SMILES string of the molecule is Cc1cc(-c2ccco2)c(O)c([N+](=O)[O-])c1. The van der Waals surface area contributed by atoms with Crippen molar-refractivity contribution < 1.29 is 14.4 Å². The highest BCUT2D eigenvalue weighted by atomic mass is 16.6. The van der Waals surface area contributed by atoms with E-state index in [-0.39, 0.29) is 11.4 Å². The van der Waals surface area contributed by atoms with Gasteiger partial charge in [-0.05, 0) is 30.7 Å². The van der Waals surface area contributed by atoms with E-state index in [0.717, 1.165) is 0 Å². The quantitative estimate of drug-likeness (QED) is 0.622. The third kappa shape index (κ3) is 1.63. The average molecular weight is 219 g/mol. The molecule has 5 nitrogen and oxygen atoms in total. The van der Waals surface area contributed by atoms with Crippen LogP contribution in [0.15, 0.2) is 34.9 Å². The summed E-state index contributed by atoms with van der Waals surface area (Å²) in [5, 5.41) is 20.5. The summed E-state index contributed by atoms with van der Waals surface area (Å²) in [7, 11) is 0. The van der Waals surface area contributed by atoms with E-state index in [1.165, 1.54) is 12.3 Å². The first-order chi connectivity index (χ1) is 7.59. The van der Waals surface area contributed by atoms with Crippen molar-refractivity contribution in [2.24, 2.45) is 0 Å². The van der Waals surface area contributed by atoms with Gasteiger partial charge in [-0.15, -0.1) is 0 Å². The van der Waals surface area contributed by atoms with Crippen LogP contribution in [0.1, 0.15) is 5.56 Å². The number of hydrogen-bond acceptors (Lipinski definition) is 4. The van der Waals surface area contributed by atoms with Crippen molar-refractivity contribution in [3.05, 3.63) is 46.2 Å². The molecule has 0 unspecified atom stereocenters. The summed E-state index contributed by atoms with van der Waals surface area (Å²) in [6, 6.07) is 6.25. The topological polar surface area (TPSA) is 76.5 Å². The lowest BCUT2D eigenvalue weighted by Gasteiger charge is -2.03. The predicted octanol–water partition coefficient (Wildman–Crippen LogP) is 2.87. The van der Waals surface area contributed by atoms with E-state index in [4.69, 9.17) is 4.42 Å². The molecular formula is C11H9NO4. The highest BCUT2D eigenvalue weighted by molar-refractivity contribution is 5.72. The van der Waals surface area contributed by atoms with Gasteiger partial charge < -0.3 is 9.52 Å². The Kier molecular flexibility index (Phi) is 2.36. The minimum Gasteiger partial charge on any atom is -0.502 e. The van der Waals surface area contributed by atoms with Gasteiger partial charge in [0.2, 0.25) is 5.75 Å². The third-order valence-corrected chi connectivity index (χ3v) is 2.22. The number of aryl methyl sites for hydroxylation is 1. The van der Waals surface area contributed by atoms with Crippen molar-refractivity contribution in [3.63, 3.8) is 0 Å². The molecule has 0 fully saturated rings. The van der Waals surface area contributed by atoms with Gasteiger partial charge >= 0.3 is 5.69 Å². The lowest BCUT2D eigenvalue weighted by molar-refractivity contribution is -0.385. The van der Waals surface area contributed by atoms with Crippen LogP contribution >= 0.6 is 0 Å². The minimum atomic E-state index is -0.616. The first-order valence-corrected chi connectivity index (χ1v) is 4.61. The van der Waals surface area contributed by atoms with Crippen LogP contribution in [0, 0.1) is 17.0 Å². The Hall–Kier alpha value is -2.30. The maximum Gasteiger partial charge on any atom is 0.311 e. The summed E-state index contributed by atoms with van der Waals surface area (Å²) >= 11 is 0. The first-order valence-electron chi connectivity index (χ1n) is 4.61. The largest absolute Gasteiger partial charge is 0.502 e. The second kappa shape index (κ2) is 3.69. The van der Waals surface area contributed by atoms with Gasteiger partial charge in [0.1, 0.15) is 5.76 Å². The fraction of sp³-hybridized carbons (Fsp3) is 0.0909. The molecule has 82 valence electrons. The van der Waals surface area contributed by atoms with Crippen LogP contribution in [0.5, 0.6) is 5.75 Å². The molecular weight excluding hydrogens is 210 g/mol. The number of nitrogens with zero attached hydrogens (tertiary/aromatic N) is 1. The molecule has 0 saturated carbocycles. The maximum atomic E-state index is 10.7. The average Bonchev–Trinajstić information content (AvgIpc) is 2.73. The van der Waals surface area contributed by atoms with E-state index in [1.807, 2.05) is 0 Å². The van der Waals surface area contributed by atoms with E-state index in [0.29, 0.717) is 16.9 Å². The fourth-order valence-corrected chi connectivity index (χ4v) is 1.52. The summed E-state index contributed by atoms with van der Waals surface area (Å²) in [5.41, 5.74) is 0.707. The molecule has 1 heterocycles. The van der Waals surface area contributed by atoms with Crippen molar-refractivity contribution in [1.29, 1.82) is 0 Å². The molecule has 1 N–H and O–H groups in total. The van der Waals surface area contributed by atoms with Crippen LogP contribution in [0.3, 0.4) is 0 Å². The first kappa shape index (κ1) is 10.2. The lowest BCUT2D eigenvalue weighted by Crippen LogP contribution is -1.91. The Balaban J connectivity index is 2.67. The van der Waals surface area contributed by atoms with Crippen LogP contribution < -0.4 is 0 Å². The Labute approximate surface area is 91.1 Å². The van der Waals surface area contributed by atoms with Gasteiger partial charge in [-0.3, -0.25) is 10.1 Å². The van der Waals surface area contributed by atoms with Crippen molar-refractivity contribution >= 4 is 5.69 Å². The summed E-state index contributed by atoms with van der Waals surface area (Å²) in [6.45, 7) is 1.72. The molecule has 16 heavy (non-hydrogen) atoms. The van der Waals surface area contributed by atoms with Crippen LogP contribution in [0.25, 0.3) is 11.3 Å². The standard InChI is InChI=1S/C11H9NO4/c1-7-5-8(10-3-2-4-16-10)11(13)9(6-7)12(14)15/h2-6,13H,1H3. The van der Waals surface area contributed by atoms with Crippen molar-refractivity contribution in [1.82, 2.24) is 0 Å². The number of hydrogen-bond donors (Lipinski definition) is 1. The second-order valence-corrected chi connectivity index (χ2v) is 3.41. The van der Waals surface area contributed by atoms with E-state index in [1.54, 1.807) is 25.1 Å². The molecule has 2 rings (SSSR count). The zero-order valence-corrected chi connectivity index (χ0v) is 8.51. The monoisotopic (exact) mass is 219 g/mol. The molecule has 0 saturated heterocycles. The van der Waals surface area contributed by atoms with Gasteiger partial charge in [-0.25, -0.2) is 0 Å². The van der Waals surface area contributed by atoms with Crippen molar-refractivity contribution in [2.75, 3.05) is 0 Å². The van der Waals surface area contributed by atoms with E-state index < -0.39 is 4.92 Å². The number of nitro benzene ring substituents is 1. The van der Waals surface area contributed by atoms with Crippen LogP contribution in [-0.4, -0.2) is 10.0 Å². The third-order valence-electron chi connectivity index (χ3n) is 2.22. The van der Waals surface area contributed by atoms with Gasteiger partial charge in [0.25, 0.3) is 0 Å². The van der Waals surface area contributed by atoms with Gasteiger partial charge in [0.05, 0.1) is 16.7 Å². The Bertz CT molecular complexity index is 531. The molecule has 5 heteroatoms. The molecule has 0 amide bonds. The molecule has 0 aliphatic heterocycles. The van der Waals surface area contributed by atoms with Crippen LogP contribution in [-0.2, 0) is 0 Å². The van der Waals surface area contributed by atoms with E-state index in [2.05, 4.69) is 0 Å². The molecule has 0 bridgehead atoms. The highest BCUT2D eigenvalue weighted by Crippen LogP contribution is 2.37. The number of phenols is 1. The second-order valence-electron chi connectivity index (χ2n) is 3.41. The summed E-state index contributed by atoms with van der Waals surface area (Å²) in [5.74, 6) is 0.0369. The molecule has 0 atom stereocenters. The molecule has 2 aromatic rings. The van der Waals surface area contributed by atoms with E-state index in [9.17, 15) is 15.2 Å². The zero-order chi connectivity index (χ0) is 11.7. The summed E-state index contributed by atoms with van der Waals surface area (Å²) < 4.78 is 5.11. The number of rotatable bonds is 2. The number of phenolic OH excluding ortho intramolecular Hbond substituents is 1. The van der Waals surface area contributed by atoms with Crippen molar-refractivity contribution in [3.8, 4) is 17.1 Å². The number of benzene rings is 1. The lowest BCUT2D eigenvalue weighted by atomic mass is 10.1. The van der Waals surface area contributed by atoms with Gasteiger partial charge in [0.15, 0.2) is 0 Å². The van der Waals surface area contributed by atoms with Gasteiger partial charge in [0, 0.05) is 6.07 Å². The van der Waals surface area contributed by atoms with Gasteiger partial charge in [-0.1, -0.05) is 0 Å². The predicted molar refractivity (Wildman–Crippen MR) is 57.2 cm³/mol. The molecule has 0 aliphatic rings. The minimum absolute atomic E-state index is 0.314. The Morgan fingerprint density at radius 1 is 1.44 bits per heavy atom. The number of nitro groups is 1. The number of aromatic hydroxyl groups is 1. The fourth-order valence-electron chi connectivity index (χ4n) is 1.52. The Morgan fingerprint density at radius 3 is 2.75 bits per heavy atom. The smallest absolute Gasteiger partial charge is 0.311 e. The Morgan fingerprint density at radius 2 is 2.19 bits per heavy atom. The van der Waals surface area contributed by atoms with Crippen LogP contribution in [0.2, 0.25) is 0 Å². The number of furan rings is 1. The maximum absolute atomic E-state index is 10.7. The zero-order valence-electron chi connectivity index (χ0n) is 8.51. The molecule has 0 aliphatic carbocycles. The summed E-state index contributed by atoms with van der Waals surface area (Å²) in [6.07, 6.45) is 1.45. The molecule has 1 aromatic carbocycles. The van der Waals surface area contributed by atoms with E-state index >= 15 is 0 Å². The molecule has 0 spiro atoms.